The first-order valence-corrected chi connectivity index (χ1v) is 4.16. The van der Waals surface area contributed by atoms with E-state index in [4.69, 9.17) is 10.5 Å². The molecule has 1 aliphatic rings. The maximum Gasteiger partial charge on any atom is 0.0576 e. The van der Waals surface area contributed by atoms with E-state index in [0.29, 0.717) is 12.1 Å². The average molecular weight is 143 g/mol. The molecule has 0 aliphatic carbocycles. The van der Waals surface area contributed by atoms with E-state index in [1.807, 2.05) is 0 Å². The number of hydrogen-bond acceptors (Lipinski definition) is 2. The molecule has 2 atom stereocenters. The molecule has 10 heavy (non-hydrogen) atoms. The Bertz CT molecular complexity index is 87.3. The van der Waals surface area contributed by atoms with Gasteiger partial charge in [-0.25, -0.2) is 0 Å². The second-order valence-electron chi connectivity index (χ2n) is 3.19. The minimum Gasteiger partial charge on any atom is -0.378 e. The van der Waals surface area contributed by atoms with Crippen molar-refractivity contribution in [2.45, 2.75) is 44.8 Å². The van der Waals surface area contributed by atoms with Gasteiger partial charge in [0.25, 0.3) is 0 Å². The van der Waals surface area contributed by atoms with Crippen molar-refractivity contribution >= 4 is 0 Å². The third kappa shape index (κ3) is 2.67. The summed E-state index contributed by atoms with van der Waals surface area (Å²) >= 11 is 0. The van der Waals surface area contributed by atoms with Crippen LogP contribution in [0.25, 0.3) is 0 Å². The minimum absolute atomic E-state index is 0.337. The van der Waals surface area contributed by atoms with Gasteiger partial charge in [-0.3, -0.25) is 0 Å². The first-order valence-electron chi connectivity index (χ1n) is 4.16. The quantitative estimate of drug-likeness (QED) is 0.646. The zero-order valence-electron chi connectivity index (χ0n) is 6.68. The number of nitrogens with two attached hydrogens (primary N) is 1. The SMILES string of the molecule is C[C@@H](N)CCC1CCCO1. The molecule has 0 saturated carbocycles. The van der Waals surface area contributed by atoms with E-state index in [1.165, 1.54) is 12.8 Å². The number of rotatable bonds is 3. The van der Waals surface area contributed by atoms with Gasteiger partial charge in [0.1, 0.15) is 0 Å². The smallest absolute Gasteiger partial charge is 0.0576 e. The van der Waals surface area contributed by atoms with E-state index in [9.17, 15) is 0 Å². The molecule has 2 N–H and O–H groups in total. The van der Waals surface area contributed by atoms with Gasteiger partial charge < -0.3 is 10.5 Å². The van der Waals surface area contributed by atoms with Crippen molar-refractivity contribution in [3.8, 4) is 0 Å². The van der Waals surface area contributed by atoms with Crippen LogP contribution >= 0.6 is 0 Å². The highest BCUT2D eigenvalue weighted by atomic mass is 16.5. The van der Waals surface area contributed by atoms with Gasteiger partial charge in [0.05, 0.1) is 6.10 Å². The van der Waals surface area contributed by atoms with Crippen LogP contribution in [0.2, 0.25) is 0 Å². The van der Waals surface area contributed by atoms with Crippen LogP contribution in [0, 0.1) is 0 Å². The van der Waals surface area contributed by atoms with E-state index >= 15 is 0 Å². The van der Waals surface area contributed by atoms with Gasteiger partial charge in [0, 0.05) is 12.6 Å². The standard InChI is InChI=1S/C8H17NO/c1-7(9)4-5-8-3-2-6-10-8/h7-8H,2-6,9H2,1H3/t7-,8?/m1/s1. The molecule has 1 rings (SSSR count). The molecule has 0 spiro atoms. The average Bonchev–Trinajstić information content (AvgIpc) is 2.34. The lowest BCUT2D eigenvalue weighted by atomic mass is 10.1. The Morgan fingerprint density at radius 2 is 2.50 bits per heavy atom. The Morgan fingerprint density at radius 1 is 1.70 bits per heavy atom. The summed E-state index contributed by atoms with van der Waals surface area (Å²) in [4.78, 5) is 0. The summed E-state index contributed by atoms with van der Waals surface area (Å²) in [5.74, 6) is 0. The largest absolute Gasteiger partial charge is 0.378 e. The maximum atomic E-state index is 5.61. The van der Waals surface area contributed by atoms with Crippen LogP contribution in [0.3, 0.4) is 0 Å². The summed E-state index contributed by atoms with van der Waals surface area (Å²) in [6.07, 6.45) is 5.25. The molecule has 0 amide bonds. The lowest BCUT2D eigenvalue weighted by molar-refractivity contribution is 0.101. The second kappa shape index (κ2) is 3.94. The highest BCUT2D eigenvalue weighted by Gasteiger charge is 2.14. The normalized spacial score (nSPS) is 28.8. The van der Waals surface area contributed by atoms with E-state index in [2.05, 4.69) is 6.92 Å². The van der Waals surface area contributed by atoms with Crippen LogP contribution in [-0.4, -0.2) is 18.8 Å². The van der Waals surface area contributed by atoms with Crippen LogP contribution in [-0.2, 0) is 4.74 Å². The van der Waals surface area contributed by atoms with Crippen molar-refractivity contribution in [3.05, 3.63) is 0 Å². The molecule has 0 bridgehead atoms. The molecule has 60 valence electrons. The third-order valence-corrected chi connectivity index (χ3v) is 1.97. The monoisotopic (exact) mass is 143 g/mol. The predicted molar refractivity (Wildman–Crippen MR) is 41.9 cm³/mol. The third-order valence-electron chi connectivity index (χ3n) is 1.97. The summed E-state index contributed by atoms with van der Waals surface area (Å²) in [6, 6.07) is 0.337. The first kappa shape index (κ1) is 8.02. The summed E-state index contributed by atoms with van der Waals surface area (Å²) < 4.78 is 5.45. The molecule has 0 aromatic rings. The van der Waals surface area contributed by atoms with Crippen molar-refractivity contribution in [1.82, 2.24) is 0 Å². The van der Waals surface area contributed by atoms with Gasteiger partial charge in [-0.05, 0) is 32.6 Å². The molecule has 0 aromatic heterocycles. The topological polar surface area (TPSA) is 35.2 Å². The Kier molecular flexibility index (Phi) is 3.16. The van der Waals surface area contributed by atoms with Crippen molar-refractivity contribution in [2.24, 2.45) is 5.73 Å². The highest BCUT2D eigenvalue weighted by molar-refractivity contribution is 4.66. The van der Waals surface area contributed by atoms with Crippen molar-refractivity contribution in [3.63, 3.8) is 0 Å². The fraction of sp³-hybridized carbons (Fsp3) is 1.00. The molecule has 0 radical (unpaired) electrons. The Labute approximate surface area is 62.7 Å². The van der Waals surface area contributed by atoms with E-state index in [0.717, 1.165) is 19.4 Å². The van der Waals surface area contributed by atoms with Gasteiger partial charge in [0.2, 0.25) is 0 Å². The number of ether oxygens (including phenoxy) is 1. The second-order valence-corrected chi connectivity index (χ2v) is 3.19. The summed E-state index contributed by atoms with van der Waals surface area (Å²) in [5, 5.41) is 0. The molecule has 1 fully saturated rings. The minimum atomic E-state index is 0.337. The Hall–Kier alpha value is -0.0800. The molecular formula is C8H17NO. The molecule has 1 aliphatic heterocycles. The lowest BCUT2D eigenvalue weighted by Crippen LogP contribution is -2.17. The van der Waals surface area contributed by atoms with Gasteiger partial charge in [0.15, 0.2) is 0 Å². The van der Waals surface area contributed by atoms with Crippen LogP contribution in [0.5, 0.6) is 0 Å². The Balaban J connectivity index is 2.01. The maximum absolute atomic E-state index is 5.61. The Morgan fingerprint density at radius 3 is 3.00 bits per heavy atom. The fourth-order valence-electron chi connectivity index (χ4n) is 1.32. The van der Waals surface area contributed by atoms with E-state index in [1.54, 1.807) is 0 Å². The highest BCUT2D eigenvalue weighted by Crippen LogP contribution is 2.16. The van der Waals surface area contributed by atoms with Crippen molar-refractivity contribution in [2.75, 3.05) is 6.61 Å². The molecule has 1 unspecified atom stereocenters. The summed E-state index contributed by atoms with van der Waals surface area (Å²) in [7, 11) is 0. The number of hydrogen-bond donors (Lipinski definition) is 1. The molecule has 2 nitrogen and oxygen atoms in total. The van der Waals surface area contributed by atoms with Crippen molar-refractivity contribution in [1.29, 1.82) is 0 Å². The van der Waals surface area contributed by atoms with Gasteiger partial charge in [-0.2, -0.15) is 0 Å². The fourth-order valence-corrected chi connectivity index (χ4v) is 1.32. The summed E-state index contributed by atoms with van der Waals surface area (Å²) in [5.41, 5.74) is 5.61. The molecule has 1 heterocycles. The van der Waals surface area contributed by atoms with Crippen LogP contribution in [0.15, 0.2) is 0 Å². The zero-order valence-corrected chi connectivity index (χ0v) is 6.68. The van der Waals surface area contributed by atoms with Gasteiger partial charge >= 0.3 is 0 Å². The van der Waals surface area contributed by atoms with Crippen LogP contribution in [0.1, 0.15) is 32.6 Å². The first-order chi connectivity index (χ1) is 4.79. The molecule has 0 aromatic carbocycles. The molecular weight excluding hydrogens is 126 g/mol. The lowest BCUT2D eigenvalue weighted by Gasteiger charge is -2.10. The van der Waals surface area contributed by atoms with Crippen LogP contribution < -0.4 is 5.73 Å². The van der Waals surface area contributed by atoms with E-state index in [-0.39, 0.29) is 0 Å². The zero-order chi connectivity index (χ0) is 7.40. The van der Waals surface area contributed by atoms with Gasteiger partial charge in [-0.15, -0.1) is 0 Å². The van der Waals surface area contributed by atoms with Crippen molar-refractivity contribution < 1.29 is 4.74 Å². The molecule has 1 saturated heterocycles. The predicted octanol–water partition coefficient (Wildman–Crippen LogP) is 1.29. The molecule has 2 heteroatoms. The van der Waals surface area contributed by atoms with E-state index < -0.39 is 0 Å². The summed E-state index contributed by atoms with van der Waals surface area (Å²) in [6.45, 7) is 3.01. The van der Waals surface area contributed by atoms with Crippen LogP contribution in [0.4, 0.5) is 0 Å². The van der Waals surface area contributed by atoms with Gasteiger partial charge in [-0.1, -0.05) is 0 Å².